The smallest absolute Gasteiger partial charge is 0.256 e. The monoisotopic (exact) mass is 483 g/mol. The van der Waals surface area contributed by atoms with E-state index in [1.807, 2.05) is 18.2 Å². The van der Waals surface area contributed by atoms with E-state index in [4.69, 9.17) is 5.73 Å². The molecule has 3 N–H and O–H groups in total. The van der Waals surface area contributed by atoms with Crippen molar-refractivity contribution in [1.29, 1.82) is 0 Å². The van der Waals surface area contributed by atoms with Crippen LogP contribution in [0.2, 0.25) is 0 Å². The molecule has 0 aliphatic carbocycles. The van der Waals surface area contributed by atoms with Crippen LogP contribution in [0.25, 0.3) is 0 Å². The zero-order valence-electron chi connectivity index (χ0n) is 18.2. The van der Waals surface area contributed by atoms with E-state index in [0.29, 0.717) is 29.1 Å². The Bertz CT molecular complexity index is 1280. The normalized spacial score (nSPS) is 14.0. The molecule has 7 nitrogen and oxygen atoms in total. The van der Waals surface area contributed by atoms with Crippen molar-refractivity contribution < 1.29 is 18.0 Å². The Hall–Kier alpha value is -3.01. The molecule has 33 heavy (non-hydrogen) atoms. The summed E-state index contributed by atoms with van der Waals surface area (Å²) in [5, 5.41) is 3.25. The Morgan fingerprint density at radius 3 is 2.42 bits per heavy atom. The molecule has 0 fully saturated rings. The molecule has 2 amide bonds. The zero-order valence-corrected chi connectivity index (χ0v) is 19.8. The van der Waals surface area contributed by atoms with Gasteiger partial charge in [0.05, 0.1) is 16.2 Å². The summed E-state index contributed by atoms with van der Waals surface area (Å²) in [6.07, 6.45) is 0.677. The highest BCUT2D eigenvalue weighted by molar-refractivity contribution is 7.91. The first-order valence-electron chi connectivity index (χ1n) is 10.6. The maximum absolute atomic E-state index is 12.8. The number of amides is 2. The lowest BCUT2D eigenvalue weighted by molar-refractivity contribution is 0.0999. The van der Waals surface area contributed by atoms with Gasteiger partial charge in [-0.1, -0.05) is 37.3 Å². The number of hydrogen-bond acceptors (Lipinski definition) is 6. The van der Waals surface area contributed by atoms with E-state index in [0.717, 1.165) is 23.5 Å². The minimum absolute atomic E-state index is 0.0114. The molecule has 3 aromatic rings. The van der Waals surface area contributed by atoms with Gasteiger partial charge in [-0.2, -0.15) is 0 Å². The fourth-order valence-electron chi connectivity index (χ4n) is 3.94. The van der Waals surface area contributed by atoms with Gasteiger partial charge < -0.3 is 11.1 Å². The summed E-state index contributed by atoms with van der Waals surface area (Å²) in [5.41, 5.74) is 8.46. The second-order valence-corrected chi connectivity index (χ2v) is 11.3. The Labute approximate surface area is 197 Å². The number of anilines is 1. The van der Waals surface area contributed by atoms with Crippen molar-refractivity contribution in [2.45, 2.75) is 31.3 Å². The maximum atomic E-state index is 12.8. The molecular formula is C24H25N3O4S2. The number of nitrogens with two attached hydrogens (primary N) is 1. The fourth-order valence-corrected chi connectivity index (χ4v) is 6.11. The van der Waals surface area contributed by atoms with Crippen molar-refractivity contribution in [3.8, 4) is 0 Å². The molecule has 0 unspecified atom stereocenters. The van der Waals surface area contributed by atoms with Gasteiger partial charge in [0.2, 0.25) is 0 Å². The molecule has 1 aliphatic heterocycles. The van der Waals surface area contributed by atoms with E-state index in [-0.39, 0.29) is 10.6 Å². The van der Waals surface area contributed by atoms with Crippen LogP contribution in [0.4, 0.5) is 5.00 Å². The number of carbonyl (C=O) groups is 2. The summed E-state index contributed by atoms with van der Waals surface area (Å²) in [6, 6.07) is 16.0. The Morgan fingerprint density at radius 1 is 1.09 bits per heavy atom. The van der Waals surface area contributed by atoms with Crippen molar-refractivity contribution in [3.63, 3.8) is 0 Å². The SMILES string of the molecule is CCS(=O)(=O)c1ccc(C(=O)Nc2sc3c(c2C(N)=O)CCN(Cc2ccccc2)C3)cc1. The average Bonchev–Trinajstić information content (AvgIpc) is 3.17. The number of thiophene rings is 1. The number of sulfone groups is 1. The molecule has 9 heteroatoms. The maximum Gasteiger partial charge on any atom is 0.256 e. The number of hydrogen-bond donors (Lipinski definition) is 2. The van der Waals surface area contributed by atoms with E-state index in [1.54, 1.807) is 6.92 Å². The zero-order chi connectivity index (χ0) is 23.6. The molecule has 0 saturated heterocycles. The Morgan fingerprint density at radius 2 is 1.79 bits per heavy atom. The van der Waals surface area contributed by atoms with Crippen molar-refractivity contribution >= 4 is 38.0 Å². The third kappa shape index (κ3) is 5.00. The molecule has 0 atom stereocenters. The second kappa shape index (κ2) is 9.46. The molecule has 2 heterocycles. The van der Waals surface area contributed by atoms with Crippen LogP contribution in [0.1, 0.15) is 43.6 Å². The third-order valence-electron chi connectivity index (χ3n) is 5.71. The molecular weight excluding hydrogens is 458 g/mol. The Kier molecular flexibility index (Phi) is 6.64. The number of nitrogens with one attached hydrogen (secondary N) is 1. The van der Waals surface area contributed by atoms with Crippen molar-refractivity contribution in [2.75, 3.05) is 17.6 Å². The van der Waals surface area contributed by atoms with Crippen LogP contribution in [0.5, 0.6) is 0 Å². The van der Waals surface area contributed by atoms with Crippen molar-refractivity contribution in [2.24, 2.45) is 5.73 Å². The Balaban J connectivity index is 1.54. The molecule has 172 valence electrons. The van der Waals surface area contributed by atoms with Gasteiger partial charge in [-0.05, 0) is 41.8 Å². The van der Waals surface area contributed by atoms with Crippen LogP contribution < -0.4 is 11.1 Å². The number of benzene rings is 2. The number of carbonyl (C=O) groups excluding carboxylic acids is 2. The van der Waals surface area contributed by atoms with Gasteiger partial charge in [0.1, 0.15) is 5.00 Å². The van der Waals surface area contributed by atoms with Crippen molar-refractivity contribution in [3.05, 3.63) is 81.7 Å². The minimum Gasteiger partial charge on any atom is -0.365 e. The summed E-state index contributed by atoms with van der Waals surface area (Å²) in [7, 11) is -3.34. The fraction of sp³-hybridized carbons (Fsp3) is 0.250. The highest BCUT2D eigenvalue weighted by Gasteiger charge is 2.28. The van der Waals surface area contributed by atoms with E-state index < -0.39 is 21.7 Å². The first-order chi connectivity index (χ1) is 15.8. The lowest BCUT2D eigenvalue weighted by atomic mass is 10.0. The number of primary amides is 1. The first-order valence-corrected chi connectivity index (χ1v) is 13.1. The highest BCUT2D eigenvalue weighted by Crippen LogP contribution is 2.37. The standard InChI is InChI=1S/C24H25N3O4S2/c1-2-33(30,31)18-10-8-17(9-11-18)23(29)26-24-21(22(25)28)19-12-13-27(15-20(19)32-24)14-16-6-4-3-5-7-16/h3-11H,2,12-15H2,1H3,(H2,25,28)(H,26,29). The highest BCUT2D eigenvalue weighted by atomic mass is 32.2. The van der Waals surface area contributed by atoms with E-state index in [9.17, 15) is 18.0 Å². The van der Waals surface area contributed by atoms with E-state index >= 15 is 0 Å². The van der Waals surface area contributed by atoms with Crippen LogP contribution in [0, 0.1) is 0 Å². The molecule has 4 rings (SSSR count). The van der Waals surface area contributed by atoms with Crippen molar-refractivity contribution in [1.82, 2.24) is 4.90 Å². The quantitative estimate of drug-likeness (QED) is 0.535. The lowest BCUT2D eigenvalue weighted by Gasteiger charge is -2.27. The summed E-state index contributed by atoms with van der Waals surface area (Å²) in [5.74, 6) is -0.996. The molecule has 0 radical (unpaired) electrons. The summed E-state index contributed by atoms with van der Waals surface area (Å²) >= 11 is 1.37. The summed E-state index contributed by atoms with van der Waals surface area (Å²) < 4.78 is 24.0. The molecule has 1 aliphatic rings. The van der Waals surface area contributed by atoms with Crippen LogP contribution in [-0.4, -0.2) is 37.4 Å². The van der Waals surface area contributed by atoms with Crippen LogP contribution >= 0.6 is 11.3 Å². The van der Waals surface area contributed by atoms with Gasteiger partial charge in [0.15, 0.2) is 9.84 Å². The van der Waals surface area contributed by atoms with Gasteiger partial charge in [0.25, 0.3) is 11.8 Å². The number of nitrogens with zero attached hydrogens (tertiary/aromatic N) is 1. The van der Waals surface area contributed by atoms with Gasteiger partial charge >= 0.3 is 0 Å². The van der Waals surface area contributed by atoms with E-state index in [1.165, 1.54) is 41.2 Å². The third-order valence-corrected chi connectivity index (χ3v) is 8.60. The molecule has 0 spiro atoms. The predicted octanol–water partition coefficient (Wildman–Crippen LogP) is 3.45. The van der Waals surface area contributed by atoms with Gasteiger partial charge in [-0.3, -0.25) is 14.5 Å². The summed E-state index contributed by atoms with van der Waals surface area (Å²) in [4.78, 5) is 28.5. The first kappa shape index (κ1) is 23.2. The van der Waals surface area contributed by atoms with Gasteiger partial charge in [-0.25, -0.2) is 8.42 Å². The lowest BCUT2D eigenvalue weighted by Crippen LogP contribution is -2.30. The van der Waals surface area contributed by atoms with Gasteiger partial charge in [0, 0.05) is 30.1 Å². The number of fused-ring (bicyclic) bond motifs is 1. The molecule has 0 saturated carbocycles. The predicted molar refractivity (Wildman–Crippen MR) is 129 cm³/mol. The number of rotatable bonds is 7. The van der Waals surface area contributed by atoms with E-state index in [2.05, 4.69) is 22.3 Å². The van der Waals surface area contributed by atoms with Crippen LogP contribution in [-0.2, 0) is 29.3 Å². The minimum atomic E-state index is -3.34. The van der Waals surface area contributed by atoms with Gasteiger partial charge in [-0.15, -0.1) is 11.3 Å². The van der Waals surface area contributed by atoms with Crippen LogP contribution in [0.3, 0.4) is 0 Å². The largest absolute Gasteiger partial charge is 0.365 e. The average molecular weight is 484 g/mol. The van der Waals surface area contributed by atoms with Crippen LogP contribution in [0.15, 0.2) is 59.5 Å². The molecule has 1 aromatic heterocycles. The molecule has 2 aromatic carbocycles. The summed E-state index contributed by atoms with van der Waals surface area (Å²) in [6.45, 7) is 3.84. The molecule has 0 bridgehead atoms. The topological polar surface area (TPSA) is 110 Å². The second-order valence-electron chi connectivity index (χ2n) is 7.90.